The third kappa shape index (κ3) is 6.25. The van der Waals surface area contributed by atoms with Crippen LogP contribution >= 0.6 is 0 Å². The standard InChI is InChI=1S/C22H20F2N4O5S/c1-14-3-9-19(15(2)11-14)27-34(31,32)21-12-17(28(29)30)6-10-20(21)26-25-13-16-4-7-18(8-5-16)33-22(23)24/h3-13,22,26-27H,1-2H3/b25-13-. The molecule has 0 aliphatic rings. The summed E-state index contributed by atoms with van der Waals surface area (Å²) in [7, 11) is -4.23. The molecule has 0 aliphatic heterocycles. The summed E-state index contributed by atoms with van der Waals surface area (Å²) in [5.41, 5.74) is 4.62. The fourth-order valence-corrected chi connectivity index (χ4v) is 4.29. The minimum atomic E-state index is -4.23. The molecule has 0 saturated carbocycles. The molecular formula is C22H20F2N4O5S. The number of hydrogen-bond acceptors (Lipinski definition) is 7. The first-order valence-electron chi connectivity index (χ1n) is 9.77. The van der Waals surface area contributed by atoms with Crippen LogP contribution < -0.4 is 14.9 Å². The van der Waals surface area contributed by atoms with E-state index in [0.717, 1.165) is 17.7 Å². The van der Waals surface area contributed by atoms with Gasteiger partial charge in [-0.2, -0.15) is 13.9 Å². The molecule has 12 heteroatoms. The Balaban J connectivity index is 1.87. The van der Waals surface area contributed by atoms with E-state index in [4.69, 9.17) is 0 Å². The van der Waals surface area contributed by atoms with Crippen LogP contribution in [0.4, 0.5) is 25.8 Å². The Hall–Kier alpha value is -4.06. The lowest BCUT2D eigenvalue weighted by atomic mass is 10.1. The Morgan fingerprint density at radius 2 is 1.71 bits per heavy atom. The highest BCUT2D eigenvalue weighted by Crippen LogP contribution is 2.29. The van der Waals surface area contributed by atoms with Crippen molar-refractivity contribution >= 4 is 33.3 Å². The molecule has 34 heavy (non-hydrogen) atoms. The van der Waals surface area contributed by atoms with Gasteiger partial charge >= 0.3 is 6.61 Å². The van der Waals surface area contributed by atoms with Gasteiger partial charge in [0.25, 0.3) is 15.7 Å². The number of anilines is 2. The summed E-state index contributed by atoms with van der Waals surface area (Å²) in [6.45, 7) is 0.658. The molecule has 0 radical (unpaired) electrons. The average Bonchev–Trinajstić information content (AvgIpc) is 2.76. The molecule has 0 saturated heterocycles. The summed E-state index contributed by atoms with van der Waals surface area (Å²) >= 11 is 0. The van der Waals surface area contributed by atoms with Crippen molar-refractivity contribution in [2.75, 3.05) is 10.1 Å². The number of benzene rings is 3. The van der Waals surface area contributed by atoms with Crippen molar-refractivity contribution in [2.45, 2.75) is 25.4 Å². The van der Waals surface area contributed by atoms with E-state index >= 15 is 0 Å². The number of alkyl halides is 2. The molecule has 0 amide bonds. The van der Waals surface area contributed by atoms with E-state index in [9.17, 15) is 27.3 Å². The fourth-order valence-electron chi connectivity index (χ4n) is 2.98. The third-order valence-corrected chi connectivity index (χ3v) is 6.00. The quantitative estimate of drug-likeness (QED) is 0.246. The molecule has 0 aromatic heterocycles. The number of ether oxygens (including phenoxy) is 1. The Kier molecular flexibility index (Phi) is 7.41. The number of nitro groups is 1. The maximum Gasteiger partial charge on any atom is 0.387 e. The maximum atomic E-state index is 13.1. The minimum Gasteiger partial charge on any atom is -0.435 e. The number of aryl methyl sites for hydroxylation is 2. The van der Waals surface area contributed by atoms with Gasteiger partial charge in [0.1, 0.15) is 10.6 Å². The van der Waals surface area contributed by atoms with Crippen molar-refractivity contribution in [3.05, 3.63) is 87.5 Å². The van der Waals surface area contributed by atoms with E-state index in [1.54, 1.807) is 25.1 Å². The number of sulfonamides is 1. The number of hydrazone groups is 1. The van der Waals surface area contributed by atoms with Crippen LogP contribution in [0, 0.1) is 24.0 Å². The molecule has 0 fully saturated rings. The average molecular weight is 490 g/mol. The Bertz CT molecular complexity index is 1330. The summed E-state index contributed by atoms with van der Waals surface area (Å²) in [6.07, 6.45) is 1.32. The lowest BCUT2D eigenvalue weighted by Crippen LogP contribution is -2.16. The van der Waals surface area contributed by atoms with E-state index in [1.807, 2.05) is 6.92 Å². The van der Waals surface area contributed by atoms with Crippen LogP contribution in [0.25, 0.3) is 0 Å². The van der Waals surface area contributed by atoms with Crippen molar-refractivity contribution in [1.29, 1.82) is 0 Å². The summed E-state index contributed by atoms with van der Waals surface area (Å²) < 4.78 is 57.4. The lowest BCUT2D eigenvalue weighted by Gasteiger charge is -2.14. The first-order valence-corrected chi connectivity index (χ1v) is 11.3. The predicted molar refractivity (Wildman–Crippen MR) is 124 cm³/mol. The van der Waals surface area contributed by atoms with Gasteiger partial charge in [0, 0.05) is 12.1 Å². The highest BCUT2D eigenvalue weighted by molar-refractivity contribution is 7.92. The second kappa shape index (κ2) is 10.3. The second-order valence-electron chi connectivity index (χ2n) is 7.18. The van der Waals surface area contributed by atoms with Gasteiger partial charge in [0.05, 0.1) is 22.5 Å². The fraction of sp³-hybridized carbons (Fsp3) is 0.136. The van der Waals surface area contributed by atoms with Gasteiger partial charge in [-0.3, -0.25) is 20.3 Å². The van der Waals surface area contributed by atoms with Gasteiger partial charge in [0.2, 0.25) is 0 Å². The van der Waals surface area contributed by atoms with Crippen LogP contribution in [0.3, 0.4) is 0 Å². The van der Waals surface area contributed by atoms with Crippen LogP contribution in [0.5, 0.6) is 5.75 Å². The van der Waals surface area contributed by atoms with Crippen LogP contribution in [0.1, 0.15) is 16.7 Å². The van der Waals surface area contributed by atoms with Gasteiger partial charge in [-0.25, -0.2) is 8.42 Å². The van der Waals surface area contributed by atoms with Crippen molar-refractivity contribution in [2.24, 2.45) is 5.10 Å². The topological polar surface area (TPSA) is 123 Å². The smallest absolute Gasteiger partial charge is 0.387 e. The lowest BCUT2D eigenvalue weighted by molar-refractivity contribution is -0.385. The zero-order valence-electron chi connectivity index (χ0n) is 18.0. The van der Waals surface area contributed by atoms with Crippen LogP contribution in [-0.4, -0.2) is 26.2 Å². The molecule has 3 rings (SSSR count). The highest BCUT2D eigenvalue weighted by atomic mass is 32.2. The number of hydrogen-bond donors (Lipinski definition) is 2. The number of nitro benzene ring substituents is 1. The van der Waals surface area contributed by atoms with Crippen molar-refractivity contribution in [1.82, 2.24) is 0 Å². The molecule has 0 aliphatic carbocycles. The number of non-ortho nitro benzene ring substituents is 1. The van der Waals surface area contributed by atoms with Crippen LogP contribution in [0.2, 0.25) is 0 Å². The van der Waals surface area contributed by atoms with Crippen LogP contribution in [-0.2, 0) is 10.0 Å². The Labute approximate surface area is 194 Å². The summed E-state index contributed by atoms with van der Waals surface area (Å²) in [6, 6.07) is 14.0. The molecule has 3 aromatic carbocycles. The maximum absolute atomic E-state index is 13.1. The summed E-state index contributed by atoms with van der Waals surface area (Å²) in [5, 5.41) is 15.2. The zero-order valence-corrected chi connectivity index (χ0v) is 18.8. The molecule has 2 N–H and O–H groups in total. The van der Waals surface area contributed by atoms with Crippen LogP contribution in [0.15, 0.2) is 70.7 Å². The third-order valence-electron chi connectivity index (χ3n) is 4.60. The van der Waals surface area contributed by atoms with E-state index in [0.29, 0.717) is 16.8 Å². The monoisotopic (exact) mass is 490 g/mol. The number of rotatable bonds is 9. The summed E-state index contributed by atoms with van der Waals surface area (Å²) in [4.78, 5) is 10.1. The van der Waals surface area contributed by atoms with Gasteiger partial charge in [-0.15, -0.1) is 0 Å². The molecular weight excluding hydrogens is 470 g/mol. The molecule has 0 spiro atoms. The predicted octanol–water partition coefficient (Wildman–Crippen LogP) is 5.06. The first kappa shape index (κ1) is 24.6. The normalized spacial score (nSPS) is 11.6. The molecule has 178 valence electrons. The van der Waals surface area contributed by atoms with Crippen molar-refractivity contribution in [3.63, 3.8) is 0 Å². The van der Waals surface area contributed by atoms with Crippen molar-refractivity contribution < 1.29 is 26.9 Å². The largest absolute Gasteiger partial charge is 0.435 e. The zero-order chi connectivity index (χ0) is 24.9. The van der Waals surface area contributed by atoms with Gasteiger partial charge < -0.3 is 4.74 Å². The second-order valence-corrected chi connectivity index (χ2v) is 8.83. The number of nitrogens with one attached hydrogen (secondary N) is 2. The number of halogens is 2. The number of nitrogens with zero attached hydrogens (tertiary/aromatic N) is 2. The van der Waals surface area contributed by atoms with E-state index in [1.165, 1.54) is 36.5 Å². The SMILES string of the molecule is Cc1ccc(NS(=O)(=O)c2cc([N+](=O)[O-])ccc2N/N=C\c2ccc(OC(F)F)cc2)c(C)c1. The molecule has 0 unspecified atom stereocenters. The molecule has 0 atom stereocenters. The Morgan fingerprint density at radius 1 is 1.03 bits per heavy atom. The Morgan fingerprint density at radius 3 is 2.32 bits per heavy atom. The van der Waals surface area contributed by atoms with Gasteiger partial charge in [-0.1, -0.05) is 17.7 Å². The molecule has 0 bridgehead atoms. The van der Waals surface area contributed by atoms with E-state index < -0.39 is 27.2 Å². The molecule has 9 nitrogen and oxygen atoms in total. The van der Waals surface area contributed by atoms with Gasteiger partial charge in [-0.05, 0) is 61.4 Å². The van der Waals surface area contributed by atoms with Crippen molar-refractivity contribution in [3.8, 4) is 5.75 Å². The molecule has 0 heterocycles. The minimum absolute atomic E-state index is 0.00299. The highest BCUT2D eigenvalue weighted by Gasteiger charge is 2.23. The van der Waals surface area contributed by atoms with E-state index in [2.05, 4.69) is 20.0 Å². The van der Waals surface area contributed by atoms with E-state index in [-0.39, 0.29) is 16.3 Å². The summed E-state index contributed by atoms with van der Waals surface area (Å²) in [5.74, 6) is -0.0265. The first-order chi connectivity index (χ1) is 16.0. The van der Waals surface area contributed by atoms with Gasteiger partial charge in [0.15, 0.2) is 0 Å². The molecule has 3 aromatic rings.